The first kappa shape index (κ1) is 20.5. The Bertz CT molecular complexity index is 613. The van der Waals surface area contributed by atoms with Crippen LogP contribution in [0.25, 0.3) is 5.69 Å². The monoisotopic (exact) mass is 370 g/mol. The molecule has 3 rings (SSSR count). The molecule has 0 unspecified atom stereocenters. The summed E-state index contributed by atoms with van der Waals surface area (Å²) in [4.78, 5) is 16.1. The maximum Gasteiger partial charge on any atom is 0.224 e. The van der Waals surface area contributed by atoms with Gasteiger partial charge in [0.15, 0.2) is 0 Å². The van der Waals surface area contributed by atoms with E-state index in [0.717, 1.165) is 30.9 Å². The number of anilines is 1. The van der Waals surface area contributed by atoms with Crippen LogP contribution >= 0.6 is 24.8 Å². The van der Waals surface area contributed by atoms with Crippen LogP contribution in [0.5, 0.6) is 0 Å². The van der Waals surface area contributed by atoms with Crippen LogP contribution in [0.15, 0.2) is 43.0 Å². The summed E-state index contributed by atoms with van der Waals surface area (Å²) in [6, 6.07) is 7.82. The lowest BCUT2D eigenvalue weighted by Gasteiger charge is -2.22. The fraction of sp³-hybridized carbons (Fsp3) is 0.412. The molecular formula is C17H24Cl2N4O. The zero-order chi connectivity index (χ0) is 15.2. The second kappa shape index (κ2) is 10.3. The molecule has 0 atom stereocenters. The van der Waals surface area contributed by atoms with Crippen molar-refractivity contribution < 1.29 is 4.79 Å². The van der Waals surface area contributed by atoms with Crippen molar-refractivity contribution in [3.05, 3.63) is 43.0 Å². The van der Waals surface area contributed by atoms with E-state index in [0.29, 0.717) is 12.3 Å². The minimum absolute atomic E-state index is 0. The number of hydrogen-bond acceptors (Lipinski definition) is 3. The molecular weight excluding hydrogens is 347 g/mol. The summed E-state index contributed by atoms with van der Waals surface area (Å²) in [6.07, 6.45) is 9.32. The molecule has 1 amide bonds. The first-order valence-electron chi connectivity index (χ1n) is 7.90. The van der Waals surface area contributed by atoms with E-state index in [1.807, 2.05) is 35.0 Å². The van der Waals surface area contributed by atoms with E-state index in [-0.39, 0.29) is 30.7 Å². The van der Waals surface area contributed by atoms with Crippen LogP contribution in [0, 0.1) is 5.92 Å². The van der Waals surface area contributed by atoms with Crippen molar-refractivity contribution in [3.63, 3.8) is 0 Å². The Kier molecular flexibility index (Phi) is 8.82. The molecule has 1 aliphatic heterocycles. The predicted octanol–water partition coefficient (Wildman–Crippen LogP) is 3.43. The van der Waals surface area contributed by atoms with Crippen molar-refractivity contribution in [3.8, 4) is 5.69 Å². The van der Waals surface area contributed by atoms with Crippen LogP contribution in [-0.4, -0.2) is 28.5 Å². The highest BCUT2D eigenvalue weighted by Crippen LogP contribution is 2.19. The van der Waals surface area contributed by atoms with Gasteiger partial charge in [0.25, 0.3) is 0 Å². The molecule has 0 radical (unpaired) electrons. The Hall–Kier alpha value is -1.56. The number of imidazole rings is 1. The summed E-state index contributed by atoms with van der Waals surface area (Å²) in [7, 11) is 0. The fourth-order valence-corrected chi connectivity index (χ4v) is 2.89. The molecule has 0 saturated carbocycles. The molecule has 7 heteroatoms. The molecule has 1 aromatic carbocycles. The highest BCUT2D eigenvalue weighted by molar-refractivity contribution is 5.90. The van der Waals surface area contributed by atoms with Gasteiger partial charge >= 0.3 is 0 Å². The summed E-state index contributed by atoms with van der Waals surface area (Å²) in [6.45, 7) is 2.17. The van der Waals surface area contributed by atoms with Gasteiger partial charge in [0.2, 0.25) is 5.91 Å². The van der Waals surface area contributed by atoms with E-state index in [1.54, 1.807) is 12.5 Å². The molecule has 2 aromatic rings. The Morgan fingerprint density at radius 2 is 2.08 bits per heavy atom. The number of carbonyl (C=O) groups excluding carboxylic acids is 1. The molecule has 0 aliphatic carbocycles. The van der Waals surface area contributed by atoms with Crippen molar-refractivity contribution >= 4 is 36.4 Å². The van der Waals surface area contributed by atoms with Gasteiger partial charge in [-0.3, -0.25) is 4.79 Å². The van der Waals surface area contributed by atoms with Gasteiger partial charge in [0.1, 0.15) is 0 Å². The second-order valence-electron chi connectivity index (χ2n) is 5.80. The highest BCUT2D eigenvalue weighted by Gasteiger charge is 2.14. The zero-order valence-corrected chi connectivity index (χ0v) is 15.1. The summed E-state index contributed by atoms with van der Waals surface area (Å²) in [5.74, 6) is 0.783. The van der Waals surface area contributed by atoms with E-state index < -0.39 is 0 Å². The minimum atomic E-state index is 0. The van der Waals surface area contributed by atoms with Crippen molar-refractivity contribution in [1.82, 2.24) is 14.9 Å². The van der Waals surface area contributed by atoms with Crippen molar-refractivity contribution in [2.24, 2.45) is 5.92 Å². The largest absolute Gasteiger partial charge is 0.326 e. The molecule has 0 spiro atoms. The molecule has 2 N–H and O–H groups in total. The average Bonchev–Trinajstić information content (AvgIpc) is 3.09. The maximum atomic E-state index is 12.1. The Morgan fingerprint density at radius 1 is 1.29 bits per heavy atom. The van der Waals surface area contributed by atoms with Gasteiger partial charge in [-0.25, -0.2) is 4.98 Å². The third kappa shape index (κ3) is 5.82. The zero-order valence-electron chi connectivity index (χ0n) is 13.5. The Labute approximate surface area is 155 Å². The predicted molar refractivity (Wildman–Crippen MR) is 102 cm³/mol. The normalized spacial score (nSPS) is 14.3. The summed E-state index contributed by atoms with van der Waals surface area (Å²) in [5.41, 5.74) is 1.83. The van der Waals surface area contributed by atoms with E-state index in [1.165, 1.54) is 12.8 Å². The number of nitrogens with zero attached hydrogens (tertiary/aromatic N) is 2. The standard InChI is InChI=1S/C17H22N4O.2ClH/c22-17(5-4-14-6-8-18-9-7-14)20-15-2-1-3-16(12-15)21-11-10-19-13-21;;/h1-3,10-14,18H,4-9H2,(H,20,22);2*1H. The topological polar surface area (TPSA) is 59.0 Å². The van der Waals surface area contributed by atoms with E-state index in [9.17, 15) is 4.79 Å². The van der Waals surface area contributed by atoms with Crippen LogP contribution in [-0.2, 0) is 4.79 Å². The second-order valence-corrected chi connectivity index (χ2v) is 5.80. The molecule has 5 nitrogen and oxygen atoms in total. The van der Waals surface area contributed by atoms with E-state index in [4.69, 9.17) is 0 Å². The minimum Gasteiger partial charge on any atom is -0.326 e. The van der Waals surface area contributed by atoms with Crippen molar-refractivity contribution in [1.29, 1.82) is 0 Å². The number of benzene rings is 1. The molecule has 2 heterocycles. The number of hydrogen-bond donors (Lipinski definition) is 2. The molecule has 1 saturated heterocycles. The molecule has 24 heavy (non-hydrogen) atoms. The molecule has 0 bridgehead atoms. The first-order valence-corrected chi connectivity index (χ1v) is 7.90. The van der Waals surface area contributed by atoms with Gasteiger partial charge < -0.3 is 15.2 Å². The maximum absolute atomic E-state index is 12.1. The van der Waals surface area contributed by atoms with Crippen molar-refractivity contribution in [2.45, 2.75) is 25.7 Å². The highest BCUT2D eigenvalue weighted by atomic mass is 35.5. The summed E-state index contributed by atoms with van der Waals surface area (Å²) < 4.78 is 1.92. The van der Waals surface area contributed by atoms with Crippen LogP contribution in [0.4, 0.5) is 5.69 Å². The van der Waals surface area contributed by atoms with E-state index in [2.05, 4.69) is 15.6 Å². The lowest BCUT2D eigenvalue weighted by Crippen LogP contribution is -2.28. The quantitative estimate of drug-likeness (QED) is 0.847. The van der Waals surface area contributed by atoms with E-state index >= 15 is 0 Å². The molecule has 132 valence electrons. The molecule has 1 aromatic heterocycles. The lowest BCUT2D eigenvalue weighted by molar-refractivity contribution is -0.116. The Morgan fingerprint density at radius 3 is 2.79 bits per heavy atom. The average molecular weight is 371 g/mol. The van der Waals surface area contributed by atoms with Gasteiger partial charge in [-0.15, -0.1) is 24.8 Å². The first-order chi connectivity index (χ1) is 10.8. The number of piperidine rings is 1. The Balaban J connectivity index is 0.00000144. The molecule has 1 fully saturated rings. The van der Waals surface area contributed by atoms with Crippen LogP contribution < -0.4 is 10.6 Å². The number of halogens is 2. The molecule has 1 aliphatic rings. The van der Waals surface area contributed by atoms with Gasteiger partial charge in [-0.1, -0.05) is 6.07 Å². The SMILES string of the molecule is Cl.Cl.O=C(CCC1CCNCC1)Nc1cccc(-n2ccnc2)c1. The van der Waals surface area contributed by atoms with Gasteiger partial charge in [-0.05, 0) is 56.5 Å². The number of nitrogens with one attached hydrogen (secondary N) is 2. The van der Waals surface area contributed by atoms with Crippen molar-refractivity contribution in [2.75, 3.05) is 18.4 Å². The third-order valence-corrected chi connectivity index (χ3v) is 4.17. The van der Waals surface area contributed by atoms with Gasteiger partial charge in [0, 0.05) is 30.2 Å². The summed E-state index contributed by atoms with van der Waals surface area (Å²) >= 11 is 0. The number of rotatable bonds is 5. The number of amides is 1. The lowest BCUT2D eigenvalue weighted by atomic mass is 9.93. The smallest absolute Gasteiger partial charge is 0.224 e. The van der Waals surface area contributed by atoms with Crippen LogP contribution in [0.1, 0.15) is 25.7 Å². The van der Waals surface area contributed by atoms with Crippen LogP contribution in [0.3, 0.4) is 0 Å². The number of aromatic nitrogens is 2. The number of carbonyl (C=O) groups is 1. The van der Waals surface area contributed by atoms with Crippen LogP contribution in [0.2, 0.25) is 0 Å². The third-order valence-electron chi connectivity index (χ3n) is 4.17. The van der Waals surface area contributed by atoms with Gasteiger partial charge in [-0.2, -0.15) is 0 Å². The van der Waals surface area contributed by atoms with Gasteiger partial charge in [0.05, 0.1) is 6.33 Å². The fourth-order valence-electron chi connectivity index (χ4n) is 2.89. The summed E-state index contributed by atoms with van der Waals surface area (Å²) in [5, 5.41) is 6.35.